The van der Waals surface area contributed by atoms with Gasteiger partial charge in [0.15, 0.2) is 0 Å². The molecule has 0 bridgehead atoms. The Labute approximate surface area is 129 Å². The van der Waals surface area contributed by atoms with E-state index in [1.807, 2.05) is 0 Å². The van der Waals surface area contributed by atoms with Gasteiger partial charge in [-0.1, -0.05) is 11.6 Å². The maximum atomic E-state index is 12.5. The second-order valence-electron chi connectivity index (χ2n) is 4.24. The van der Waals surface area contributed by atoms with E-state index in [9.17, 15) is 13.2 Å². The van der Waals surface area contributed by atoms with E-state index in [1.54, 1.807) is 6.07 Å². The molecule has 4 nitrogen and oxygen atoms in total. The molecule has 1 aromatic heterocycles. The van der Waals surface area contributed by atoms with Crippen molar-refractivity contribution in [3.05, 3.63) is 46.6 Å². The minimum Gasteiger partial charge on any atom is -0.496 e. The zero-order valence-corrected chi connectivity index (χ0v) is 12.1. The molecule has 1 heterocycles. The number of benzene rings is 1. The molecule has 0 atom stereocenters. The number of ether oxygens (including phenoxy) is 2. The number of pyridine rings is 1. The van der Waals surface area contributed by atoms with Crippen molar-refractivity contribution in [1.82, 2.24) is 4.98 Å². The van der Waals surface area contributed by atoms with Crippen molar-refractivity contribution in [2.75, 3.05) is 7.11 Å². The molecule has 0 radical (unpaired) electrons. The molecule has 0 fully saturated rings. The first-order valence-corrected chi connectivity index (χ1v) is 6.41. The molecule has 22 heavy (non-hydrogen) atoms. The van der Waals surface area contributed by atoms with Crippen molar-refractivity contribution in [3.63, 3.8) is 0 Å². The van der Waals surface area contributed by atoms with Gasteiger partial charge in [0.1, 0.15) is 16.5 Å². The lowest BCUT2D eigenvalue weighted by Gasteiger charge is -2.12. The molecular formula is C14H11ClF3NO3. The van der Waals surface area contributed by atoms with E-state index in [0.29, 0.717) is 17.5 Å². The van der Waals surface area contributed by atoms with Gasteiger partial charge >= 0.3 is 6.18 Å². The molecule has 0 unspecified atom stereocenters. The summed E-state index contributed by atoms with van der Waals surface area (Å²) in [7, 11) is 1.42. The number of methoxy groups -OCH3 is 1. The van der Waals surface area contributed by atoms with E-state index in [2.05, 4.69) is 4.98 Å². The van der Waals surface area contributed by atoms with Crippen LogP contribution in [0.1, 0.15) is 11.1 Å². The highest BCUT2D eigenvalue weighted by molar-refractivity contribution is 6.31. The smallest absolute Gasteiger partial charge is 0.417 e. The molecule has 0 saturated heterocycles. The molecule has 0 aliphatic carbocycles. The second-order valence-corrected chi connectivity index (χ2v) is 4.65. The van der Waals surface area contributed by atoms with Crippen molar-refractivity contribution in [1.29, 1.82) is 0 Å². The highest BCUT2D eigenvalue weighted by Gasteiger charge is 2.31. The minimum atomic E-state index is -4.53. The van der Waals surface area contributed by atoms with Crippen LogP contribution in [0.5, 0.6) is 17.4 Å². The van der Waals surface area contributed by atoms with Gasteiger partial charge in [0, 0.05) is 17.8 Å². The lowest BCUT2D eigenvalue weighted by atomic mass is 10.2. The van der Waals surface area contributed by atoms with Crippen LogP contribution in [0.25, 0.3) is 0 Å². The zero-order valence-electron chi connectivity index (χ0n) is 11.3. The lowest BCUT2D eigenvalue weighted by molar-refractivity contribution is -0.137. The molecular weight excluding hydrogens is 323 g/mol. The normalized spacial score (nSPS) is 11.4. The first kappa shape index (κ1) is 16.4. The Morgan fingerprint density at radius 3 is 2.55 bits per heavy atom. The predicted octanol–water partition coefficient (Wildman–Crippen LogP) is 4.05. The highest BCUT2D eigenvalue weighted by atomic mass is 35.5. The van der Waals surface area contributed by atoms with Crippen molar-refractivity contribution >= 4 is 11.6 Å². The van der Waals surface area contributed by atoms with Gasteiger partial charge in [0.25, 0.3) is 0 Å². The lowest BCUT2D eigenvalue weighted by Crippen LogP contribution is -2.05. The Balaban J connectivity index is 2.28. The number of aliphatic hydroxyl groups is 1. The van der Waals surface area contributed by atoms with Crippen molar-refractivity contribution in [2.45, 2.75) is 12.8 Å². The van der Waals surface area contributed by atoms with Crippen LogP contribution in [-0.4, -0.2) is 17.2 Å². The molecule has 2 aromatic rings. The topological polar surface area (TPSA) is 51.6 Å². The highest BCUT2D eigenvalue weighted by Crippen LogP contribution is 2.35. The number of rotatable bonds is 4. The molecule has 1 aromatic carbocycles. The van der Waals surface area contributed by atoms with Gasteiger partial charge in [0.05, 0.1) is 19.3 Å². The second kappa shape index (κ2) is 6.41. The average Bonchev–Trinajstić information content (AvgIpc) is 2.48. The number of aliphatic hydroxyl groups excluding tert-OH is 1. The van der Waals surface area contributed by atoms with Gasteiger partial charge in [-0.15, -0.1) is 0 Å². The van der Waals surface area contributed by atoms with E-state index < -0.39 is 11.7 Å². The van der Waals surface area contributed by atoms with Crippen molar-refractivity contribution in [3.8, 4) is 17.4 Å². The summed E-state index contributed by atoms with van der Waals surface area (Å²) in [5, 5.41) is 8.86. The van der Waals surface area contributed by atoms with Crippen molar-refractivity contribution < 1.29 is 27.8 Å². The van der Waals surface area contributed by atoms with Crippen molar-refractivity contribution in [2.24, 2.45) is 0 Å². The van der Waals surface area contributed by atoms with E-state index in [-0.39, 0.29) is 23.3 Å². The van der Waals surface area contributed by atoms with Gasteiger partial charge in [-0.2, -0.15) is 13.2 Å². The van der Waals surface area contributed by atoms with Gasteiger partial charge in [-0.25, -0.2) is 4.98 Å². The van der Waals surface area contributed by atoms with E-state index in [4.69, 9.17) is 26.2 Å². The van der Waals surface area contributed by atoms with Crippen LogP contribution in [0.2, 0.25) is 5.02 Å². The Morgan fingerprint density at radius 1 is 1.27 bits per heavy atom. The van der Waals surface area contributed by atoms with Crippen LogP contribution < -0.4 is 9.47 Å². The maximum Gasteiger partial charge on any atom is 0.417 e. The number of halogens is 4. The van der Waals surface area contributed by atoms with Crippen LogP contribution in [0.15, 0.2) is 30.5 Å². The molecule has 0 amide bonds. The zero-order chi connectivity index (χ0) is 16.3. The van der Waals surface area contributed by atoms with Gasteiger partial charge < -0.3 is 14.6 Å². The fourth-order valence-electron chi connectivity index (χ4n) is 1.69. The van der Waals surface area contributed by atoms with Gasteiger partial charge in [0.2, 0.25) is 5.88 Å². The fraction of sp³-hybridized carbons (Fsp3) is 0.214. The number of alkyl halides is 3. The van der Waals surface area contributed by atoms with Gasteiger partial charge in [-0.3, -0.25) is 0 Å². The first-order valence-electron chi connectivity index (χ1n) is 6.03. The number of hydrogen-bond acceptors (Lipinski definition) is 4. The summed E-state index contributed by atoms with van der Waals surface area (Å²) in [5.74, 6) is 0.486. The maximum absolute atomic E-state index is 12.5. The van der Waals surface area contributed by atoms with Crippen LogP contribution in [0.3, 0.4) is 0 Å². The molecule has 2 rings (SSSR count). The molecule has 0 aliphatic heterocycles. The molecule has 0 aliphatic rings. The number of nitrogens with zero attached hydrogens (tertiary/aromatic N) is 1. The largest absolute Gasteiger partial charge is 0.496 e. The molecule has 0 spiro atoms. The molecule has 0 saturated carbocycles. The van der Waals surface area contributed by atoms with Gasteiger partial charge in [-0.05, 0) is 18.2 Å². The first-order chi connectivity index (χ1) is 10.3. The third kappa shape index (κ3) is 3.61. The van der Waals surface area contributed by atoms with Crippen LogP contribution in [0.4, 0.5) is 13.2 Å². The summed E-state index contributed by atoms with van der Waals surface area (Å²) in [5.41, 5.74) is -0.417. The number of hydrogen-bond donors (Lipinski definition) is 1. The quantitative estimate of drug-likeness (QED) is 0.917. The van der Waals surface area contributed by atoms with Crippen LogP contribution in [-0.2, 0) is 12.8 Å². The molecule has 118 valence electrons. The summed E-state index contributed by atoms with van der Waals surface area (Å²) in [6.07, 6.45) is -3.89. The molecule has 8 heteroatoms. The average molecular weight is 334 g/mol. The van der Waals surface area contributed by atoms with Crippen LogP contribution >= 0.6 is 11.6 Å². The van der Waals surface area contributed by atoms with E-state index in [1.165, 1.54) is 19.2 Å². The monoisotopic (exact) mass is 333 g/mol. The predicted molar refractivity (Wildman–Crippen MR) is 73.2 cm³/mol. The molecule has 1 N–H and O–H groups in total. The minimum absolute atomic E-state index is 0.159. The Kier molecular flexibility index (Phi) is 4.77. The number of aromatic nitrogens is 1. The SMILES string of the molecule is COc1cc(Oc2ncc(C(F)(F)F)cc2Cl)ccc1CO. The summed E-state index contributed by atoms with van der Waals surface area (Å²) < 4.78 is 48.0. The Morgan fingerprint density at radius 2 is 2.00 bits per heavy atom. The summed E-state index contributed by atoms with van der Waals surface area (Å²) in [6.45, 7) is -0.220. The Hall–Kier alpha value is -1.99. The standard InChI is InChI=1S/C14H11ClF3NO3/c1-21-12-5-10(3-2-8(12)7-20)22-13-11(15)4-9(6-19-13)14(16,17)18/h2-6,20H,7H2,1H3. The fourth-order valence-corrected chi connectivity index (χ4v) is 1.89. The third-order valence-electron chi connectivity index (χ3n) is 2.78. The van der Waals surface area contributed by atoms with Crippen LogP contribution in [0, 0.1) is 0 Å². The van der Waals surface area contributed by atoms with E-state index in [0.717, 1.165) is 6.07 Å². The summed E-state index contributed by atoms with van der Waals surface area (Å²) in [6, 6.07) is 5.29. The Bertz CT molecular complexity index is 677. The van der Waals surface area contributed by atoms with E-state index >= 15 is 0 Å². The summed E-state index contributed by atoms with van der Waals surface area (Å²) in [4.78, 5) is 3.57. The summed E-state index contributed by atoms with van der Waals surface area (Å²) >= 11 is 5.76. The third-order valence-corrected chi connectivity index (χ3v) is 3.05.